The fraction of sp³-hybridized carbons (Fsp3) is 0.462. The van der Waals surface area contributed by atoms with Gasteiger partial charge in [-0.2, -0.15) is 0 Å². The van der Waals surface area contributed by atoms with Gasteiger partial charge in [0.1, 0.15) is 0 Å². The van der Waals surface area contributed by atoms with E-state index in [0.717, 1.165) is 13.0 Å². The minimum atomic E-state index is -0.128. The molecule has 0 spiro atoms. The number of benzene rings is 1. The Morgan fingerprint density at radius 3 is 3.00 bits per heavy atom. The zero-order valence-corrected chi connectivity index (χ0v) is 10.8. The zero-order valence-electron chi connectivity index (χ0n) is 9.94. The highest BCUT2D eigenvalue weighted by atomic mass is 35.5. The fourth-order valence-corrected chi connectivity index (χ4v) is 2.16. The summed E-state index contributed by atoms with van der Waals surface area (Å²) in [7, 11) is 0. The standard InChI is InChI=1S/C13H17NO2.ClH/c1-2-16-13(15)9-12-11-6-4-3-5-10(11)7-8-14-12;/h3-6,12,14H,2,7-9H2,1H3;1H. The Morgan fingerprint density at radius 1 is 1.47 bits per heavy atom. The van der Waals surface area contributed by atoms with Crippen molar-refractivity contribution in [3.05, 3.63) is 35.4 Å². The van der Waals surface area contributed by atoms with Gasteiger partial charge in [0.2, 0.25) is 0 Å². The van der Waals surface area contributed by atoms with Gasteiger partial charge in [-0.3, -0.25) is 4.79 Å². The Hall–Kier alpha value is -1.06. The molecule has 0 radical (unpaired) electrons. The van der Waals surface area contributed by atoms with Crippen LogP contribution in [0.3, 0.4) is 0 Å². The maximum atomic E-state index is 11.5. The highest BCUT2D eigenvalue weighted by Crippen LogP contribution is 2.25. The van der Waals surface area contributed by atoms with Crippen LogP contribution in [-0.2, 0) is 16.0 Å². The van der Waals surface area contributed by atoms with Crippen LogP contribution in [0.4, 0.5) is 0 Å². The normalized spacial score (nSPS) is 17.8. The minimum absolute atomic E-state index is 0. The first-order chi connectivity index (χ1) is 7.81. The van der Waals surface area contributed by atoms with Crippen LogP contribution in [0.15, 0.2) is 24.3 Å². The zero-order chi connectivity index (χ0) is 11.4. The van der Waals surface area contributed by atoms with Gasteiger partial charge in [-0.05, 0) is 31.0 Å². The van der Waals surface area contributed by atoms with Gasteiger partial charge in [-0.15, -0.1) is 12.4 Å². The molecule has 2 rings (SSSR count). The van der Waals surface area contributed by atoms with Gasteiger partial charge in [0.15, 0.2) is 0 Å². The minimum Gasteiger partial charge on any atom is -0.466 e. The number of esters is 1. The van der Waals surface area contributed by atoms with Crippen LogP contribution in [-0.4, -0.2) is 19.1 Å². The van der Waals surface area contributed by atoms with Crippen LogP contribution in [0.25, 0.3) is 0 Å². The molecule has 3 nitrogen and oxygen atoms in total. The van der Waals surface area contributed by atoms with E-state index in [9.17, 15) is 4.79 Å². The summed E-state index contributed by atoms with van der Waals surface area (Å²) in [5.74, 6) is -0.128. The van der Waals surface area contributed by atoms with Gasteiger partial charge >= 0.3 is 5.97 Å². The molecule has 0 saturated heterocycles. The number of carbonyl (C=O) groups excluding carboxylic acids is 1. The average molecular weight is 256 g/mol. The topological polar surface area (TPSA) is 38.3 Å². The predicted molar refractivity (Wildman–Crippen MR) is 69.4 cm³/mol. The van der Waals surface area contributed by atoms with E-state index in [1.165, 1.54) is 11.1 Å². The van der Waals surface area contributed by atoms with Crippen molar-refractivity contribution in [2.45, 2.75) is 25.8 Å². The molecule has 0 fully saturated rings. The third kappa shape index (κ3) is 3.45. The van der Waals surface area contributed by atoms with Crippen molar-refractivity contribution in [3.63, 3.8) is 0 Å². The van der Waals surface area contributed by atoms with E-state index in [-0.39, 0.29) is 24.4 Å². The number of halogens is 1. The van der Waals surface area contributed by atoms with E-state index in [1.807, 2.05) is 19.1 Å². The molecule has 1 aromatic rings. The second-order valence-electron chi connectivity index (χ2n) is 3.96. The first kappa shape index (κ1) is 14.0. The Labute approximate surface area is 108 Å². The molecule has 0 saturated carbocycles. The lowest BCUT2D eigenvalue weighted by Crippen LogP contribution is -2.31. The average Bonchev–Trinajstić information content (AvgIpc) is 2.30. The smallest absolute Gasteiger partial charge is 0.307 e. The Balaban J connectivity index is 0.00000144. The molecule has 1 unspecified atom stereocenters. The summed E-state index contributed by atoms with van der Waals surface area (Å²) in [5.41, 5.74) is 2.58. The van der Waals surface area contributed by atoms with E-state index in [2.05, 4.69) is 17.4 Å². The Bertz CT molecular complexity index is 381. The number of hydrogen-bond acceptors (Lipinski definition) is 3. The SMILES string of the molecule is CCOC(=O)CC1NCCc2ccccc21.Cl. The monoisotopic (exact) mass is 255 g/mol. The first-order valence-electron chi connectivity index (χ1n) is 5.78. The Morgan fingerprint density at radius 2 is 2.24 bits per heavy atom. The summed E-state index contributed by atoms with van der Waals surface area (Å²) < 4.78 is 4.98. The molecule has 1 heterocycles. The lowest BCUT2D eigenvalue weighted by Gasteiger charge is -2.26. The molecule has 0 aliphatic carbocycles. The number of hydrogen-bond donors (Lipinski definition) is 1. The van der Waals surface area contributed by atoms with Crippen molar-refractivity contribution in [3.8, 4) is 0 Å². The van der Waals surface area contributed by atoms with Crippen molar-refractivity contribution in [1.29, 1.82) is 0 Å². The van der Waals surface area contributed by atoms with Crippen molar-refractivity contribution in [2.24, 2.45) is 0 Å². The molecule has 1 aliphatic heterocycles. The summed E-state index contributed by atoms with van der Waals surface area (Å²) in [6.45, 7) is 3.22. The third-order valence-electron chi connectivity index (χ3n) is 2.89. The molecule has 0 aromatic heterocycles. The molecule has 94 valence electrons. The summed E-state index contributed by atoms with van der Waals surface area (Å²) in [6, 6.07) is 8.40. The summed E-state index contributed by atoms with van der Waals surface area (Å²) in [4.78, 5) is 11.5. The fourth-order valence-electron chi connectivity index (χ4n) is 2.16. The van der Waals surface area contributed by atoms with Gasteiger partial charge in [-0.1, -0.05) is 24.3 Å². The Kier molecular flexibility index (Phi) is 5.45. The number of rotatable bonds is 3. The van der Waals surface area contributed by atoms with Gasteiger partial charge in [0, 0.05) is 6.04 Å². The molecule has 17 heavy (non-hydrogen) atoms. The third-order valence-corrected chi connectivity index (χ3v) is 2.89. The summed E-state index contributed by atoms with van der Waals surface area (Å²) in [5, 5.41) is 3.36. The van der Waals surface area contributed by atoms with Crippen LogP contribution < -0.4 is 5.32 Å². The molecule has 4 heteroatoms. The van der Waals surface area contributed by atoms with E-state index in [4.69, 9.17) is 4.74 Å². The van der Waals surface area contributed by atoms with Crippen LogP contribution >= 0.6 is 12.4 Å². The largest absolute Gasteiger partial charge is 0.466 e. The van der Waals surface area contributed by atoms with Crippen LogP contribution in [0.2, 0.25) is 0 Å². The molecule has 1 aliphatic rings. The highest BCUT2D eigenvalue weighted by molar-refractivity contribution is 5.85. The predicted octanol–water partition coefficient (Wildman–Crippen LogP) is 2.25. The van der Waals surface area contributed by atoms with Crippen LogP contribution in [0, 0.1) is 0 Å². The maximum absolute atomic E-state index is 11.5. The molecule has 1 aromatic carbocycles. The van der Waals surface area contributed by atoms with Crippen molar-refractivity contribution in [1.82, 2.24) is 5.32 Å². The van der Waals surface area contributed by atoms with Gasteiger partial charge in [0.25, 0.3) is 0 Å². The molecular weight excluding hydrogens is 238 g/mol. The first-order valence-corrected chi connectivity index (χ1v) is 5.78. The molecule has 0 amide bonds. The summed E-state index contributed by atoms with van der Waals surface area (Å²) in [6.07, 6.45) is 1.46. The second kappa shape index (κ2) is 6.62. The number of ether oxygens (including phenoxy) is 1. The van der Waals surface area contributed by atoms with Crippen molar-refractivity contribution in [2.75, 3.05) is 13.2 Å². The van der Waals surface area contributed by atoms with E-state index >= 15 is 0 Å². The maximum Gasteiger partial charge on any atom is 0.307 e. The van der Waals surface area contributed by atoms with Gasteiger partial charge < -0.3 is 10.1 Å². The summed E-state index contributed by atoms with van der Waals surface area (Å²) >= 11 is 0. The van der Waals surface area contributed by atoms with E-state index in [1.54, 1.807) is 0 Å². The van der Waals surface area contributed by atoms with Crippen LogP contribution in [0.5, 0.6) is 0 Å². The number of carbonyl (C=O) groups is 1. The second-order valence-corrected chi connectivity index (χ2v) is 3.96. The van der Waals surface area contributed by atoms with Crippen LogP contribution in [0.1, 0.15) is 30.5 Å². The van der Waals surface area contributed by atoms with Crippen molar-refractivity contribution < 1.29 is 9.53 Å². The number of fused-ring (bicyclic) bond motifs is 1. The van der Waals surface area contributed by atoms with E-state index < -0.39 is 0 Å². The highest BCUT2D eigenvalue weighted by Gasteiger charge is 2.21. The van der Waals surface area contributed by atoms with Crippen molar-refractivity contribution >= 4 is 18.4 Å². The molecule has 1 N–H and O–H groups in total. The van der Waals surface area contributed by atoms with Gasteiger partial charge in [0.05, 0.1) is 13.0 Å². The van der Waals surface area contributed by atoms with Gasteiger partial charge in [-0.25, -0.2) is 0 Å². The molecule has 1 atom stereocenters. The lowest BCUT2D eigenvalue weighted by molar-refractivity contribution is -0.143. The molecule has 0 bridgehead atoms. The lowest BCUT2D eigenvalue weighted by atomic mass is 9.93. The molecular formula is C13H18ClNO2. The van der Waals surface area contributed by atoms with E-state index in [0.29, 0.717) is 13.0 Å². The quantitative estimate of drug-likeness (QED) is 0.842. The number of nitrogens with one attached hydrogen (secondary N) is 1.